The van der Waals surface area contributed by atoms with Crippen LogP contribution in [0.4, 0.5) is 15.9 Å². The maximum Gasteiger partial charge on any atom is 0.240 e. The molecule has 31 heavy (non-hydrogen) atoms. The Labute approximate surface area is 178 Å². The van der Waals surface area contributed by atoms with Gasteiger partial charge in [-0.2, -0.15) is 4.39 Å². The summed E-state index contributed by atoms with van der Waals surface area (Å²) in [6.07, 6.45) is 5.75. The summed E-state index contributed by atoms with van der Waals surface area (Å²) < 4.78 is 14.4. The molecule has 0 aliphatic carbocycles. The van der Waals surface area contributed by atoms with Crippen LogP contribution in [0.1, 0.15) is 24.2 Å². The number of amides is 1. The Morgan fingerprint density at radius 3 is 2.74 bits per heavy atom. The van der Waals surface area contributed by atoms with Gasteiger partial charge in [-0.25, -0.2) is 24.9 Å². The fourth-order valence-corrected chi connectivity index (χ4v) is 4.05. The molecule has 1 unspecified atom stereocenters. The number of halogens is 1. The van der Waals surface area contributed by atoms with E-state index in [0.29, 0.717) is 49.2 Å². The van der Waals surface area contributed by atoms with Crippen LogP contribution in [0.5, 0.6) is 0 Å². The van der Waals surface area contributed by atoms with Crippen LogP contribution in [0, 0.1) is 5.95 Å². The van der Waals surface area contributed by atoms with Gasteiger partial charge in [0.25, 0.3) is 0 Å². The van der Waals surface area contributed by atoms with Gasteiger partial charge in [-0.1, -0.05) is 0 Å². The van der Waals surface area contributed by atoms with Gasteiger partial charge in [0.15, 0.2) is 11.6 Å². The number of nitrogens with one attached hydrogen (secondary N) is 1. The van der Waals surface area contributed by atoms with E-state index in [1.54, 1.807) is 35.6 Å². The zero-order valence-corrected chi connectivity index (χ0v) is 17.0. The zero-order valence-electron chi connectivity index (χ0n) is 17.0. The van der Waals surface area contributed by atoms with Crippen LogP contribution in [0.2, 0.25) is 0 Å². The third-order valence-corrected chi connectivity index (χ3v) is 5.63. The average Bonchev–Trinajstić information content (AvgIpc) is 2.79. The normalized spacial score (nSPS) is 18.8. The number of piperazine rings is 1. The van der Waals surface area contributed by atoms with Gasteiger partial charge in [-0.3, -0.25) is 4.79 Å². The first-order valence-electron chi connectivity index (χ1n) is 10.2. The molecule has 0 bridgehead atoms. The molecule has 158 valence electrons. The van der Waals surface area contributed by atoms with Crippen molar-refractivity contribution in [2.24, 2.45) is 0 Å². The Hall–Kier alpha value is -3.53. The lowest BCUT2D eigenvalue weighted by atomic mass is 9.99. The van der Waals surface area contributed by atoms with E-state index in [9.17, 15) is 9.18 Å². The minimum atomic E-state index is -0.607. The summed E-state index contributed by atoms with van der Waals surface area (Å²) in [5, 5.41) is 3.03. The van der Waals surface area contributed by atoms with E-state index in [0.717, 1.165) is 11.3 Å². The summed E-state index contributed by atoms with van der Waals surface area (Å²) in [5.74, 6) is 0.782. The van der Waals surface area contributed by atoms with Gasteiger partial charge in [0.2, 0.25) is 11.9 Å². The van der Waals surface area contributed by atoms with Gasteiger partial charge in [-0.05, 0) is 13.0 Å². The maximum absolute atomic E-state index is 14.4. The highest BCUT2D eigenvalue weighted by molar-refractivity contribution is 5.95. The minimum Gasteiger partial charge on any atom is -0.349 e. The molecule has 0 aromatic carbocycles. The molecular formula is C21H21FN8O. The van der Waals surface area contributed by atoms with Crippen LogP contribution >= 0.6 is 0 Å². The number of hydrogen-bond acceptors (Lipinski definition) is 8. The number of aromatic nitrogens is 5. The Morgan fingerprint density at radius 1 is 1.10 bits per heavy atom. The number of anilines is 2. The highest BCUT2D eigenvalue weighted by Gasteiger charge is 2.29. The minimum absolute atomic E-state index is 0.0797. The Morgan fingerprint density at radius 2 is 1.94 bits per heavy atom. The van der Waals surface area contributed by atoms with E-state index in [2.05, 4.69) is 30.2 Å². The van der Waals surface area contributed by atoms with Gasteiger partial charge in [-0.15, -0.1) is 0 Å². The average molecular weight is 420 g/mol. The predicted molar refractivity (Wildman–Crippen MR) is 112 cm³/mol. The number of nitrogens with zero attached hydrogens (tertiary/aromatic N) is 7. The number of fused-ring (bicyclic) bond motifs is 1. The molecule has 5 heterocycles. The highest BCUT2D eigenvalue weighted by Crippen LogP contribution is 2.34. The summed E-state index contributed by atoms with van der Waals surface area (Å²) in [6.45, 7) is 4.05. The van der Waals surface area contributed by atoms with Crippen LogP contribution in [0.3, 0.4) is 0 Å². The van der Waals surface area contributed by atoms with Crippen LogP contribution < -0.4 is 15.1 Å². The molecule has 3 aromatic heterocycles. The van der Waals surface area contributed by atoms with Crippen molar-refractivity contribution in [1.82, 2.24) is 30.2 Å². The van der Waals surface area contributed by atoms with Crippen LogP contribution in [-0.2, 0) is 11.2 Å². The molecule has 10 heteroatoms. The van der Waals surface area contributed by atoms with Crippen molar-refractivity contribution < 1.29 is 9.18 Å². The highest BCUT2D eigenvalue weighted by atomic mass is 19.1. The molecule has 0 saturated carbocycles. The lowest BCUT2D eigenvalue weighted by Crippen LogP contribution is -2.48. The van der Waals surface area contributed by atoms with Gasteiger partial charge < -0.3 is 15.1 Å². The molecule has 1 fully saturated rings. The standard InChI is InChI=1S/C21H21FN8O/c1-13-15-11-26-21(20-24-4-2-5-25-20)27-16(15)3-7-29(13)18-10-14(9-17(22)28-18)30-8-6-23-12-19(30)31/h2,4-5,9-11,13,23H,3,6-8,12H2,1H3. The van der Waals surface area contributed by atoms with Gasteiger partial charge in [0, 0.05) is 62.3 Å². The van der Waals surface area contributed by atoms with E-state index in [-0.39, 0.29) is 18.5 Å². The number of carbonyl (C=O) groups is 1. The van der Waals surface area contributed by atoms with Crippen molar-refractivity contribution in [1.29, 1.82) is 0 Å². The maximum atomic E-state index is 14.4. The SMILES string of the molecule is CC1c2cnc(-c3ncccn3)nc2CCN1c1cc(N2CCNCC2=O)cc(F)n1. The summed E-state index contributed by atoms with van der Waals surface area (Å²) >= 11 is 0. The Balaban J connectivity index is 1.45. The fraction of sp³-hybridized carbons (Fsp3) is 0.333. The molecule has 1 atom stereocenters. The van der Waals surface area contributed by atoms with Crippen molar-refractivity contribution in [3.05, 3.63) is 54.0 Å². The van der Waals surface area contributed by atoms with Crippen LogP contribution in [-0.4, -0.2) is 57.0 Å². The van der Waals surface area contributed by atoms with Gasteiger partial charge in [0.1, 0.15) is 5.82 Å². The quantitative estimate of drug-likeness (QED) is 0.637. The molecule has 2 aliphatic rings. The van der Waals surface area contributed by atoms with E-state index >= 15 is 0 Å². The number of rotatable bonds is 3. The second-order valence-electron chi connectivity index (χ2n) is 7.52. The molecule has 9 nitrogen and oxygen atoms in total. The first-order valence-corrected chi connectivity index (χ1v) is 10.2. The summed E-state index contributed by atoms with van der Waals surface area (Å²) in [4.78, 5) is 37.5. The lowest BCUT2D eigenvalue weighted by molar-refractivity contribution is -0.118. The number of carbonyl (C=O) groups excluding carboxylic acids is 1. The van der Waals surface area contributed by atoms with Crippen molar-refractivity contribution >= 4 is 17.4 Å². The Bertz CT molecular complexity index is 1130. The van der Waals surface area contributed by atoms with Gasteiger partial charge >= 0.3 is 0 Å². The van der Waals surface area contributed by atoms with Crippen molar-refractivity contribution in [2.75, 3.05) is 36.0 Å². The molecule has 3 aromatic rings. The lowest BCUT2D eigenvalue weighted by Gasteiger charge is -2.36. The van der Waals surface area contributed by atoms with E-state index in [1.807, 2.05) is 11.8 Å². The first kappa shape index (κ1) is 19.4. The molecule has 1 amide bonds. The van der Waals surface area contributed by atoms with E-state index in [1.165, 1.54) is 6.07 Å². The van der Waals surface area contributed by atoms with Gasteiger partial charge in [0.05, 0.1) is 24.0 Å². The van der Waals surface area contributed by atoms with E-state index in [4.69, 9.17) is 0 Å². The summed E-state index contributed by atoms with van der Waals surface area (Å²) in [6, 6.07) is 4.73. The fourth-order valence-electron chi connectivity index (χ4n) is 4.05. The zero-order chi connectivity index (χ0) is 21.4. The summed E-state index contributed by atoms with van der Waals surface area (Å²) in [5.41, 5.74) is 2.41. The van der Waals surface area contributed by atoms with Crippen molar-refractivity contribution in [3.8, 4) is 11.6 Å². The monoisotopic (exact) mass is 420 g/mol. The second kappa shape index (κ2) is 7.95. The topological polar surface area (TPSA) is 100 Å². The van der Waals surface area contributed by atoms with Crippen molar-refractivity contribution in [3.63, 3.8) is 0 Å². The smallest absolute Gasteiger partial charge is 0.240 e. The number of hydrogen-bond donors (Lipinski definition) is 1. The number of pyridine rings is 1. The molecule has 2 aliphatic heterocycles. The van der Waals surface area contributed by atoms with Crippen LogP contribution in [0.25, 0.3) is 11.6 Å². The van der Waals surface area contributed by atoms with Crippen LogP contribution in [0.15, 0.2) is 36.8 Å². The molecule has 5 rings (SSSR count). The second-order valence-corrected chi connectivity index (χ2v) is 7.52. The molecule has 0 spiro atoms. The molecule has 0 radical (unpaired) electrons. The van der Waals surface area contributed by atoms with E-state index < -0.39 is 5.95 Å². The van der Waals surface area contributed by atoms with Crippen molar-refractivity contribution in [2.45, 2.75) is 19.4 Å². The summed E-state index contributed by atoms with van der Waals surface area (Å²) in [7, 11) is 0. The molecular weight excluding hydrogens is 399 g/mol. The first-order chi connectivity index (χ1) is 15.1. The largest absolute Gasteiger partial charge is 0.349 e. The molecule has 1 saturated heterocycles. The predicted octanol–water partition coefficient (Wildman–Crippen LogP) is 1.53. The Kier molecular flexibility index (Phi) is 4.99. The third-order valence-electron chi connectivity index (χ3n) is 5.63. The third kappa shape index (κ3) is 3.70. The molecule has 1 N–H and O–H groups in total.